The molecular weight excluding hydrogens is 203 g/mol. The molecule has 0 unspecified atom stereocenters. The Morgan fingerprint density at radius 2 is 1.81 bits per heavy atom. The number of halogens is 1. The second-order valence-corrected chi connectivity index (χ2v) is 5.08. The molecule has 0 bridgehead atoms. The van der Waals surface area contributed by atoms with Gasteiger partial charge in [0.15, 0.2) is 0 Å². The zero-order valence-corrected chi connectivity index (χ0v) is 9.35. The van der Waals surface area contributed by atoms with Crippen LogP contribution in [0.5, 0.6) is 0 Å². The SMILES string of the molecule is Fc1cccc2c1NCC1(CCCC1)CN2. The van der Waals surface area contributed by atoms with Crippen molar-refractivity contribution >= 4 is 11.4 Å². The van der Waals surface area contributed by atoms with Gasteiger partial charge in [0.2, 0.25) is 0 Å². The predicted molar refractivity (Wildman–Crippen MR) is 64.3 cm³/mol. The Morgan fingerprint density at radius 1 is 1.06 bits per heavy atom. The van der Waals surface area contributed by atoms with E-state index in [1.165, 1.54) is 31.7 Å². The van der Waals surface area contributed by atoms with Crippen molar-refractivity contribution in [2.24, 2.45) is 5.41 Å². The van der Waals surface area contributed by atoms with Crippen molar-refractivity contribution in [3.63, 3.8) is 0 Å². The van der Waals surface area contributed by atoms with Gasteiger partial charge in [0.1, 0.15) is 5.82 Å². The maximum atomic E-state index is 13.6. The molecule has 0 radical (unpaired) electrons. The summed E-state index contributed by atoms with van der Waals surface area (Å²) in [5.41, 5.74) is 1.89. The van der Waals surface area contributed by atoms with Crippen molar-refractivity contribution in [1.29, 1.82) is 0 Å². The molecule has 0 amide bonds. The average Bonchev–Trinajstić information content (AvgIpc) is 2.65. The Bertz CT molecular complexity index is 397. The van der Waals surface area contributed by atoms with E-state index in [4.69, 9.17) is 0 Å². The lowest BCUT2D eigenvalue weighted by molar-refractivity contribution is 0.346. The van der Waals surface area contributed by atoms with E-state index in [1.807, 2.05) is 6.07 Å². The number of rotatable bonds is 0. The third-order valence-electron chi connectivity index (χ3n) is 3.97. The zero-order chi connectivity index (χ0) is 11.0. The summed E-state index contributed by atoms with van der Waals surface area (Å²) in [4.78, 5) is 0. The molecule has 2 N–H and O–H groups in total. The van der Waals surface area contributed by atoms with Gasteiger partial charge in [-0.25, -0.2) is 4.39 Å². The van der Waals surface area contributed by atoms with E-state index in [1.54, 1.807) is 6.07 Å². The summed E-state index contributed by atoms with van der Waals surface area (Å²) >= 11 is 0. The highest BCUT2D eigenvalue weighted by atomic mass is 19.1. The van der Waals surface area contributed by atoms with Crippen LogP contribution >= 0.6 is 0 Å². The van der Waals surface area contributed by atoms with Gasteiger partial charge >= 0.3 is 0 Å². The van der Waals surface area contributed by atoms with Crippen LogP contribution in [0.2, 0.25) is 0 Å². The van der Waals surface area contributed by atoms with E-state index in [0.29, 0.717) is 11.1 Å². The zero-order valence-electron chi connectivity index (χ0n) is 9.35. The van der Waals surface area contributed by atoms with Crippen molar-refractivity contribution in [2.75, 3.05) is 23.7 Å². The molecule has 2 nitrogen and oxygen atoms in total. The minimum atomic E-state index is -0.153. The molecule has 1 aliphatic carbocycles. The van der Waals surface area contributed by atoms with Crippen LogP contribution in [0.1, 0.15) is 25.7 Å². The first-order chi connectivity index (χ1) is 7.79. The van der Waals surface area contributed by atoms with E-state index < -0.39 is 0 Å². The standard InChI is InChI=1S/C13H17FN2/c14-10-4-3-5-11-12(10)16-9-13(8-15-11)6-1-2-7-13/h3-5,15-16H,1-2,6-9H2. The number of nitrogens with one attached hydrogen (secondary N) is 2. The van der Waals surface area contributed by atoms with Crippen molar-refractivity contribution in [2.45, 2.75) is 25.7 Å². The van der Waals surface area contributed by atoms with Gasteiger partial charge in [0.25, 0.3) is 0 Å². The smallest absolute Gasteiger partial charge is 0.148 e. The van der Waals surface area contributed by atoms with Gasteiger partial charge in [0, 0.05) is 18.5 Å². The molecule has 3 heteroatoms. The lowest BCUT2D eigenvalue weighted by Gasteiger charge is -2.26. The molecule has 16 heavy (non-hydrogen) atoms. The Hall–Kier alpha value is -1.25. The van der Waals surface area contributed by atoms with Crippen molar-refractivity contribution in [1.82, 2.24) is 0 Å². The van der Waals surface area contributed by atoms with E-state index in [-0.39, 0.29) is 5.82 Å². The third-order valence-corrected chi connectivity index (χ3v) is 3.97. The highest BCUT2D eigenvalue weighted by molar-refractivity contribution is 5.70. The van der Waals surface area contributed by atoms with Crippen molar-refractivity contribution in [3.8, 4) is 0 Å². The first kappa shape index (κ1) is 9.94. The van der Waals surface area contributed by atoms with Crippen LogP contribution < -0.4 is 10.6 Å². The van der Waals surface area contributed by atoms with Gasteiger partial charge in [-0.05, 0) is 25.0 Å². The number of fused-ring (bicyclic) bond motifs is 1. The van der Waals surface area contributed by atoms with E-state index in [9.17, 15) is 4.39 Å². The fourth-order valence-corrected chi connectivity index (χ4v) is 2.95. The molecule has 0 saturated heterocycles. The minimum Gasteiger partial charge on any atom is -0.383 e. The molecule has 1 heterocycles. The molecule has 1 aromatic carbocycles. The van der Waals surface area contributed by atoms with Crippen LogP contribution in [0, 0.1) is 11.2 Å². The number of hydrogen-bond acceptors (Lipinski definition) is 2. The van der Waals surface area contributed by atoms with Crippen LogP contribution in [-0.2, 0) is 0 Å². The molecular formula is C13H17FN2. The van der Waals surface area contributed by atoms with E-state index in [2.05, 4.69) is 10.6 Å². The number of anilines is 2. The molecule has 1 saturated carbocycles. The van der Waals surface area contributed by atoms with Crippen LogP contribution in [-0.4, -0.2) is 13.1 Å². The predicted octanol–water partition coefficient (Wildman–Crippen LogP) is 3.22. The van der Waals surface area contributed by atoms with Gasteiger partial charge in [-0.1, -0.05) is 18.9 Å². The third kappa shape index (κ3) is 1.55. The Labute approximate surface area is 95.2 Å². The quantitative estimate of drug-likeness (QED) is 0.701. The Morgan fingerprint density at radius 3 is 2.62 bits per heavy atom. The molecule has 1 spiro atoms. The topological polar surface area (TPSA) is 24.1 Å². The average molecular weight is 220 g/mol. The summed E-state index contributed by atoms with van der Waals surface area (Å²) in [6.45, 7) is 1.87. The van der Waals surface area contributed by atoms with Gasteiger partial charge in [0.05, 0.1) is 11.4 Å². The lowest BCUT2D eigenvalue weighted by atomic mass is 9.86. The number of para-hydroxylation sites is 1. The van der Waals surface area contributed by atoms with Crippen molar-refractivity contribution in [3.05, 3.63) is 24.0 Å². The van der Waals surface area contributed by atoms with Gasteiger partial charge in [-0.15, -0.1) is 0 Å². The molecule has 1 aliphatic heterocycles. The van der Waals surface area contributed by atoms with Gasteiger partial charge in [-0.2, -0.15) is 0 Å². The van der Waals surface area contributed by atoms with Gasteiger partial charge in [-0.3, -0.25) is 0 Å². The first-order valence-electron chi connectivity index (χ1n) is 6.05. The van der Waals surface area contributed by atoms with E-state index >= 15 is 0 Å². The maximum absolute atomic E-state index is 13.6. The molecule has 86 valence electrons. The molecule has 0 aromatic heterocycles. The fraction of sp³-hybridized carbons (Fsp3) is 0.538. The number of hydrogen-bond donors (Lipinski definition) is 2. The lowest BCUT2D eigenvalue weighted by Crippen LogP contribution is -2.31. The molecule has 1 aromatic rings. The number of benzene rings is 1. The van der Waals surface area contributed by atoms with Gasteiger partial charge < -0.3 is 10.6 Å². The molecule has 0 atom stereocenters. The highest BCUT2D eigenvalue weighted by Gasteiger charge is 2.35. The van der Waals surface area contributed by atoms with Crippen LogP contribution in [0.15, 0.2) is 18.2 Å². The van der Waals surface area contributed by atoms with E-state index in [0.717, 1.165) is 18.8 Å². The first-order valence-corrected chi connectivity index (χ1v) is 6.05. The van der Waals surface area contributed by atoms with Crippen LogP contribution in [0.4, 0.5) is 15.8 Å². The summed E-state index contributed by atoms with van der Waals surface area (Å²) in [5, 5.41) is 6.68. The maximum Gasteiger partial charge on any atom is 0.148 e. The van der Waals surface area contributed by atoms with Crippen LogP contribution in [0.3, 0.4) is 0 Å². The second-order valence-electron chi connectivity index (χ2n) is 5.08. The Kier molecular flexibility index (Phi) is 2.27. The summed E-state index contributed by atoms with van der Waals surface area (Å²) in [7, 11) is 0. The van der Waals surface area contributed by atoms with Crippen LogP contribution in [0.25, 0.3) is 0 Å². The Balaban J connectivity index is 1.89. The van der Waals surface area contributed by atoms with Crippen molar-refractivity contribution < 1.29 is 4.39 Å². The molecule has 3 rings (SSSR count). The molecule has 1 fully saturated rings. The summed E-state index contributed by atoms with van der Waals surface area (Å²) in [6.07, 6.45) is 5.12. The highest BCUT2D eigenvalue weighted by Crippen LogP contribution is 2.41. The fourth-order valence-electron chi connectivity index (χ4n) is 2.95. The normalized spacial score (nSPS) is 22.1. The summed E-state index contributed by atoms with van der Waals surface area (Å²) in [5.74, 6) is -0.153. The second kappa shape index (κ2) is 3.65. The summed E-state index contributed by atoms with van der Waals surface area (Å²) in [6, 6.07) is 5.22. The summed E-state index contributed by atoms with van der Waals surface area (Å²) < 4.78 is 13.6. The monoisotopic (exact) mass is 220 g/mol. The minimum absolute atomic E-state index is 0.153. The largest absolute Gasteiger partial charge is 0.383 e. The molecule has 2 aliphatic rings.